The van der Waals surface area contributed by atoms with Crippen molar-refractivity contribution < 1.29 is 4.74 Å². The lowest BCUT2D eigenvalue weighted by Gasteiger charge is -2.14. The molecule has 90 valence electrons. The van der Waals surface area contributed by atoms with Crippen LogP contribution in [0.5, 0.6) is 5.75 Å². The molecule has 0 aliphatic carbocycles. The Kier molecular flexibility index (Phi) is 3.76. The van der Waals surface area contributed by atoms with Gasteiger partial charge in [-0.15, -0.1) is 11.3 Å². The molecule has 0 aliphatic rings. The van der Waals surface area contributed by atoms with Crippen LogP contribution in [0.1, 0.15) is 29.2 Å². The molecular formula is C13H16N2OS. The third-order valence-electron chi connectivity index (χ3n) is 2.46. The summed E-state index contributed by atoms with van der Waals surface area (Å²) in [6, 6.07) is 7.65. The number of hydrogen-bond acceptors (Lipinski definition) is 4. The summed E-state index contributed by atoms with van der Waals surface area (Å²) >= 11 is 1.59. The van der Waals surface area contributed by atoms with E-state index in [-0.39, 0.29) is 6.04 Å². The summed E-state index contributed by atoms with van der Waals surface area (Å²) in [4.78, 5) is 4.43. The first-order valence-electron chi connectivity index (χ1n) is 5.61. The Labute approximate surface area is 105 Å². The van der Waals surface area contributed by atoms with Crippen LogP contribution in [-0.2, 0) is 0 Å². The summed E-state index contributed by atoms with van der Waals surface area (Å²) in [5, 5.41) is 2.94. The molecular weight excluding hydrogens is 232 g/mol. The van der Waals surface area contributed by atoms with E-state index in [9.17, 15) is 0 Å². The fraction of sp³-hybridized carbons (Fsp3) is 0.308. The predicted molar refractivity (Wildman–Crippen MR) is 70.5 cm³/mol. The molecule has 17 heavy (non-hydrogen) atoms. The quantitative estimate of drug-likeness (QED) is 0.905. The highest BCUT2D eigenvalue weighted by Gasteiger charge is 2.16. The van der Waals surface area contributed by atoms with Crippen molar-refractivity contribution in [3.8, 4) is 5.75 Å². The van der Waals surface area contributed by atoms with E-state index in [0.717, 1.165) is 22.0 Å². The zero-order valence-corrected chi connectivity index (χ0v) is 10.8. The molecule has 0 bridgehead atoms. The molecule has 1 aromatic heterocycles. The summed E-state index contributed by atoms with van der Waals surface area (Å²) in [7, 11) is 0. The van der Waals surface area contributed by atoms with Crippen molar-refractivity contribution >= 4 is 11.3 Å². The average molecular weight is 248 g/mol. The Morgan fingerprint density at radius 3 is 2.82 bits per heavy atom. The van der Waals surface area contributed by atoms with Gasteiger partial charge in [-0.25, -0.2) is 4.98 Å². The maximum atomic E-state index is 6.23. The van der Waals surface area contributed by atoms with Crippen molar-refractivity contribution in [3.63, 3.8) is 0 Å². The van der Waals surface area contributed by atoms with Crippen LogP contribution in [0.15, 0.2) is 29.6 Å². The van der Waals surface area contributed by atoms with Gasteiger partial charge in [-0.05, 0) is 19.9 Å². The van der Waals surface area contributed by atoms with E-state index in [0.29, 0.717) is 6.61 Å². The lowest BCUT2D eigenvalue weighted by Crippen LogP contribution is -2.13. The molecule has 1 heterocycles. The average Bonchev–Trinajstić information content (AvgIpc) is 2.76. The number of thiazole rings is 1. The maximum absolute atomic E-state index is 6.23. The van der Waals surface area contributed by atoms with E-state index < -0.39 is 0 Å². The monoisotopic (exact) mass is 248 g/mol. The van der Waals surface area contributed by atoms with Gasteiger partial charge in [0.15, 0.2) is 0 Å². The number of nitrogens with zero attached hydrogens (tertiary/aromatic N) is 1. The first-order valence-corrected chi connectivity index (χ1v) is 6.49. The van der Waals surface area contributed by atoms with Crippen LogP contribution in [-0.4, -0.2) is 11.6 Å². The highest BCUT2D eigenvalue weighted by Crippen LogP contribution is 2.29. The van der Waals surface area contributed by atoms with Gasteiger partial charge >= 0.3 is 0 Å². The Balaban J connectivity index is 2.33. The fourth-order valence-corrected chi connectivity index (χ4v) is 2.49. The van der Waals surface area contributed by atoms with Gasteiger partial charge in [0.05, 0.1) is 12.6 Å². The second kappa shape index (κ2) is 5.29. The summed E-state index contributed by atoms with van der Waals surface area (Å²) in [6.45, 7) is 4.58. The lowest BCUT2D eigenvalue weighted by atomic mass is 10.1. The molecule has 2 aromatic rings. The topological polar surface area (TPSA) is 48.1 Å². The first-order chi connectivity index (χ1) is 8.22. The Hall–Kier alpha value is -1.39. The molecule has 4 heteroatoms. The Morgan fingerprint density at radius 1 is 1.41 bits per heavy atom. The van der Waals surface area contributed by atoms with E-state index in [1.807, 2.05) is 43.5 Å². The van der Waals surface area contributed by atoms with E-state index in [2.05, 4.69) is 4.98 Å². The molecule has 0 radical (unpaired) electrons. The second-order valence-electron chi connectivity index (χ2n) is 3.78. The maximum Gasteiger partial charge on any atom is 0.124 e. The van der Waals surface area contributed by atoms with Gasteiger partial charge in [-0.1, -0.05) is 18.2 Å². The molecule has 1 aromatic carbocycles. The van der Waals surface area contributed by atoms with E-state index in [1.165, 1.54) is 0 Å². The van der Waals surface area contributed by atoms with Crippen molar-refractivity contribution in [1.29, 1.82) is 0 Å². The largest absolute Gasteiger partial charge is 0.494 e. The molecule has 0 aliphatic heterocycles. The minimum atomic E-state index is -0.212. The zero-order valence-electron chi connectivity index (χ0n) is 10.0. The van der Waals surface area contributed by atoms with Crippen LogP contribution >= 0.6 is 11.3 Å². The van der Waals surface area contributed by atoms with Crippen LogP contribution < -0.4 is 10.5 Å². The molecule has 0 spiro atoms. The molecule has 2 N–H and O–H groups in total. The number of aryl methyl sites for hydroxylation is 1. The second-order valence-corrected chi connectivity index (χ2v) is 4.67. The molecule has 2 rings (SSSR count). The Bertz CT molecular complexity index is 496. The molecule has 1 unspecified atom stereocenters. The van der Waals surface area contributed by atoms with Gasteiger partial charge in [0.2, 0.25) is 0 Å². The van der Waals surface area contributed by atoms with Crippen LogP contribution in [0.3, 0.4) is 0 Å². The number of rotatable bonds is 4. The third-order valence-corrected chi connectivity index (χ3v) is 3.50. The van der Waals surface area contributed by atoms with E-state index in [4.69, 9.17) is 10.5 Å². The van der Waals surface area contributed by atoms with Gasteiger partial charge in [0.1, 0.15) is 10.8 Å². The van der Waals surface area contributed by atoms with E-state index in [1.54, 1.807) is 11.3 Å². The standard InChI is InChI=1S/C13H16N2OS/c1-3-16-11-7-5-4-6-10(11)12(14)13-15-9(2)8-17-13/h4-8,12H,3,14H2,1-2H3. The van der Waals surface area contributed by atoms with Crippen molar-refractivity contribution in [3.05, 3.63) is 45.9 Å². The first kappa shape index (κ1) is 12.1. The Morgan fingerprint density at radius 2 is 2.18 bits per heavy atom. The zero-order chi connectivity index (χ0) is 12.3. The van der Waals surface area contributed by atoms with Crippen molar-refractivity contribution in [2.75, 3.05) is 6.61 Å². The van der Waals surface area contributed by atoms with Crippen LogP contribution in [0.4, 0.5) is 0 Å². The molecule has 3 nitrogen and oxygen atoms in total. The normalized spacial score (nSPS) is 12.4. The number of para-hydroxylation sites is 1. The minimum Gasteiger partial charge on any atom is -0.494 e. The van der Waals surface area contributed by atoms with Gasteiger partial charge < -0.3 is 10.5 Å². The highest BCUT2D eigenvalue weighted by atomic mass is 32.1. The molecule has 0 fully saturated rings. The summed E-state index contributed by atoms with van der Waals surface area (Å²) in [5.74, 6) is 0.843. The number of ether oxygens (including phenoxy) is 1. The number of benzene rings is 1. The number of hydrogen-bond donors (Lipinski definition) is 1. The van der Waals surface area contributed by atoms with Crippen molar-refractivity contribution in [1.82, 2.24) is 4.98 Å². The van der Waals surface area contributed by atoms with Gasteiger partial charge in [0, 0.05) is 16.6 Å². The van der Waals surface area contributed by atoms with Crippen LogP contribution in [0.25, 0.3) is 0 Å². The highest BCUT2D eigenvalue weighted by molar-refractivity contribution is 7.09. The molecule has 0 saturated carbocycles. The predicted octanol–water partition coefficient (Wildman–Crippen LogP) is 2.90. The van der Waals surface area contributed by atoms with Crippen molar-refractivity contribution in [2.24, 2.45) is 5.73 Å². The van der Waals surface area contributed by atoms with Gasteiger partial charge in [-0.2, -0.15) is 0 Å². The fourth-order valence-electron chi connectivity index (χ4n) is 1.67. The summed E-state index contributed by atoms with van der Waals surface area (Å²) in [5.41, 5.74) is 8.23. The van der Waals surface area contributed by atoms with Crippen molar-refractivity contribution in [2.45, 2.75) is 19.9 Å². The molecule has 0 saturated heterocycles. The third kappa shape index (κ3) is 2.65. The number of aromatic nitrogens is 1. The molecule has 0 amide bonds. The SMILES string of the molecule is CCOc1ccccc1C(N)c1nc(C)cs1. The van der Waals surface area contributed by atoms with E-state index >= 15 is 0 Å². The number of nitrogens with two attached hydrogens (primary N) is 1. The van der Waals surface area contributed by atoms with Crippen LogP contribution in [0.2, 0.25) is 0 Å². The minimum absolute atomic E-state index is 0.212. The summed E-state index contributed by atoms with van der Waals surface area (Å²) < 4.78 is 5.58. The summed E-state index contributed by atoms with van der Waals surface area (Å²) in [6.07, 6.45) is 0. The lowest BCUT2D eigenvalue weighted by molar-refractivity contribution is 0.335. The smallest absolute Gasteiger partial charge is 0.124 e. The van der Waals surface area contributed by atoms with Gasteiger partial charge in [-0.3, -0.25) is 0 Å². The van der Waals surface area contributed by atoms with Gasteiger partial charge in [0.25, 0.3) is 0 Å². The van der Waals surface area contributed by atoms with Crippen LogP contribution in [0, 0.1) is 6.92 Å². The molecule has 1 atom stereocenters.